The van der Waals surface area contributed by atoms with E-state index in [9.17, 15) is 0 Å². The topological polar surface area (TPSA) is 18.5 Å². The minimum Gasteiger partial charge on any atom is -0.350 e. The minimum atomic E-state index is -0.353. The molecule has 0 amide bonds. The third-order valence-electron chi connectivity index (χ3n) is 3.80. The van der Waals surface area contributed by atoms with Crippen LogP contribution in [0.1, 0.15) is 98.3 Å². The van der Waals surface area contributed by atoms with Crippen molar-refractivity contribution < 1.29 is 9.47 Å². The van der Waals surface area contributed by atoms with E-state index in [0.29, 0.717) is 0 Å². The Hall–Kier alpha value is -0.0800. The van der Waals surface area contributed by atoms with Crippen molar-refractivity contribution in [3.8, 4) is 0 Å². The van der Waals surface area contributed by atoms with Gasteiger partial charge >= 0.3 is 0 Å². The van der Waals surface area contributed by atoms with Crippen LogP contribution in [0.4, 0.5) is 0 Å². The molecule has 0 rings (SSSR count). The number of unbranched alkanes of at least 4 members (excludes halogenated alkanes) is 7. The van der Waals surface area contributed by atoms with Gasteiger partial charge in [-0.25, -0.2) is 0 Å². The SMILES string of the molecule is CCCCCCOC(C)(CCCC)OCCCCCC. The molecule has 0 saturated carbocycles. The Labute approximate surface area is 127 Å². The molecule has 2 nitrogen and oxygen atoms in total. The zero-order valence-corrected chi connectivity index (χ0v) is 14.5. The van der Waals surface area contributed by atoms with Gasteiger partial charge in [-0.15, -0.1) is 0 Å². The fourth-order valence-corrected chi connectivity index (χ4v) is 2.32. The van der Waals surface area contributed by atoms with Crippen LogP contribution in [0.25, 0.3) is 0 Å². The first-order chi connectivity index (χ1) is 9.68. The molecule has 0 saturated heterocycles. The van der Waals surface area contributed by atoms with E-state index in [1.54, 1.807) is 0 Å². The average Bonchev–Trinajstić information content (AvgIpc) is 2.45. The highest BCUT2D eigenvalue weighted by atomic mass is 16.7. The molecule has 2 heteroatoms. The Morgan fingerprint density at radius 2 is 1.05 bits per heavy atom. The summed E-state index contributed by atoms with van der Waals surface area (Å²) in [7, 11) is 0. The molecule has 0 aromatic heterocycles. The van der Waals surface area contributed by atoms with Crippen LogP contribution in [0.3, 0.4) is 0 Å². The summed E-state index contributed by atoms with van der Waals surface area (Å²) in [4.78, 5) is 0. The molecule has 0 aromatic rings. The number of hydrogen-bond acceptors (Lipinski definition) is 2. The molecular formula is C18H38O2. The first kappa shape index (κ1) is 19.9. The Bertz CT molecular complexity index is 178. The second kappa shape index (κ2) is 13.9. The summed E-state index contributed by atoms with van der Waals surface area (Å²) >= 11 is 0. The van der Waals surface area contributed by atoms with E-state index < -0.39 is 0 Å². The minimum absolute atomic E-state index is 0.353. The van der Waals surface area contributed by atoms with Crippen molar-refractivity contribution in [3.63, 3.8) is 0 Å². The van der Waals surface area contributed by atoms with E-state index in [2.05, 4.69) is 27.7 Å². The van der Waals surface area contributed by atoms with Crippen molar-refractivity contribution in [2.24, 2.45) is 0 Å². The summed E-state index contributed by atoms with van der Waals surface area (Å²) in [6.45, 7) is 10.5. The molecule has 0 aliphatic heterocycles. The van der Waals surface area contributed by atoms with E-state index in [1.807, 2.05) is 0 Å². The summed E-state index contributed by atoms with van der Waals surface area (Å²) < 4.78 is 12.1. The van der Waals surface area contributed by atoms with Gasteiger partial charge in [-0.1, -0.05) is 65.7 Å². The van der Waals surface area contributed by atoms with Gasteiger partial charge < -0.3 is 9.47 Å². The molecule has 0 spiro atoms. The molecule has 0 radical (unpaired) electrons. The molecule has 0 aromatic carbocycles. The Balaban J connectivity index is 3.88. The van der Waals surface area contributed by atoms with Crippen molar-refractivity contribution in [1.82, 2.24) is 0 Å². The van der Waals surface area contributed by atoms with Gasteiger partial charge in [-0.2, -0.15) is 0 Å². The molecule has 0 heterocycles. The van der Waals surface area contributed by atoms with Crippen molar-refractivity contribution >= 4 is 0 Å². The summed E-state index contributed by atoms with van der Waals surface area (Å²) in [5.41, 5.74) is 0. The van der Waals surface area contributed by atoms with Crippen LogP contribution in [0.15, 0.2) is 0 Å². The summed E-state index contributed by atoms with van der Waals surface area (Å²) in [6.07, 6.45) is 13.5. The zero-order chi connectivity index (χ0) is 15.1. The lowest BCUT2D eigenvalue weighted by atomic mass is 10.1. The third kappa shape index (κ3) is 11.7. The van der Waals surface area contributed by atoms with Crippen molar-refractivity contribution in [2.75, 3.05) is 13.2 Å². The third-order valence-corrected chi connectivity index (χ3v) is 3.80. The smallest absolute Gasteiger partial charge is 0.165 e. The van der Waals surface area contributed by atoms with Crippen molar-refractivity contribution in [1.29, 1.82) is 0 Å². The molecule has 20 heavy (non-hydrogen) atoms. The highest BCUT2D eigenvalue weighted by molar-refractivity contribution is 4.64. The van der Waals surface area contributed by atoms with Gasteiger partial charge in [0.2, 0.25) is 0 Å². The zero-order valence-electron chi connectivity index (χ0n) is 14.5. The molecule has 122 valence electrons. The lowest BCUT2D eigenvalue weighted by molar-refractivity contribution is -0.230. The Morgan fingerprint density at radius 1 is 0.600 bits per heavy atom. The largest absolute Gasteiger partial charge is 0.350 e. The number of ether oxygens (including phenoxy) is 2. The second-order valence-electron chi connectivity index (χ2n) is 6.06. The van der Waals surface area contributed by atoms with Crippen LogP contribution in [0.5, 0.6) is 0 Å². The fourth-order valence-electron chi connectivity index (χ4n) is 2.32. The van der Waals surface area contributed by atoms with Gasteiger partial charge in [0.05, 0.1) is 13.2 Å². The van der Waals surface area contributed by atoms with Crippen LogP contribution >= 0.6 is 0 Å². The van der Waals surface area contributed by atoms with Gasteiger partial charge in [0, 0.05) is 6.42 Å². The van der Waals surface area contributed by atoms with E-state index in [-0.39, 0.29) is 5.79 Å². The van der Waals surface area contributed by atoms with Gasteiger partial charge in [-0.05, 0) is 26.2 Å². The lowest BCUT2D eigenvalue weighted by Gasteiger charge is -2.30. The van der Waals surface area contributed by atoms with Gasteiger partial charge in [0.15, 0.2) is 5.79 Å². The molecule has 0 aliphatic rings. The average molecular weight is 286 g/mol. The number of rotatable bonds is 15. The molecule has 0 N–H and O–H groups in total. The van der Waals surface area contributed by atoms with E-state index in [1.165, 1.54) is 51.4 Å². The summed E-state index contributed by atoms with van der Waals surface area (Å²) in [5.74, 6) is -0.353. The quantitative estimate of drug-likeness (QED) is 0.268. The van der Waals surface area contributed by atoms with Crippen molar-refractivity contribution in [2.45, 2.75) is 104 Å². The molecule has 0 atom stereocenters. The molecule has 0 unspecified atom stereocenters. The maximum Gasteiger partial charge on any atom is 0.165 e. The maximum absolute atomic E-state index is 6.06. The Morgan fingerprint density at radius 3 is 1.45 bits per heavy atom. The van der Waals surface area contributed by atoms with Crippen molar-refractivity contribution in [3.05, 3.63) is 0 Å². The maximum atomic E-state index is 6.06. The Kier molecular flexibility index (Phi) is 13.8. The molecule has 0 fully saturated rings. The molecule has 0 bridgehead atoms. The summed E-state index contributed by atoms with van der Waals surface area (Å²) in [5, 5.41) is 0. The van der Waals surface area contributed by atoms with Gasteiger partial charge in [-0.3, -0.25) is 0 Å². The van der Waals surface area contributed by atoms with Gasteiger partial charge in [0.1, 0.15) is 0 Å². The lowest BCUT2D eigenvalue weighted by Crippen LogP contribution is -2.33. The monoisotopic (exact) mass is 286 g/mol. The van der Waals surface area contributed by atoms with Crippen LogP contribution in [0, 0.1) is 0 Å². The summed E-state index contributed by atoms with van der Waals surface area (Å²) in [6, 6.07) is 0. The normalized spacial score (nSPS) is 12.0. The number of hydrogen-bond donors (Lipinski definition) is 0. The predicted molar refractivity (Wildman–Crippen MR) is 88.1 cm³/mol. The second-order valence-corrected chi connectivity index (χ2v) is 6.06. The predicted octanol–water partition coefficient (Wildman–Crippen LogP) is 6.09. The van der Waals surface area contributed by atoms with Crippen LogP contribution < -0.4 is 0 Å². The highest BCUT2D eigenvalue weighted by Crippen LogP contribution is 2.22. The van der Waals surface area contributed by atoms with Crippen LogP contribution in [-0.2, 0) is 9.47 Å². The standard InChI is InChI=1S/C18H38O2/c1-5-8-11-13-16-19-18(4,15-10-7-3)20-17-14-12-9-6-2/h5-17H2,1-4H3. The molecular weight excluding hydrogens is 248 g/mol. The van der Waals surface area contributed by atoms with E-state index in [4.69, 9.17) is 9.47 Å². The van der Waals surface area contributed by atoms with E-state index in [0.717, 1.165) is 32.5 Å². The highest BCUT2D eigenvalue weighted by Gasteiger charge is 2.24. The first-order valence-electron chi connectivity index (χ1n) is 8.96. The first-order valence-corrected chi connectivity index (χ1v) is 8.96. The fraction of sp³-hybridized carbons (Fsp3) is 1.00. The molecule has 0 aliphatic carbocycles. The van der Waals surface area contributed by atoms with Gasteiger partial charge in [0.25, 0.3) is 0 Å². The van der Waals surface area contributed by atoms with Crippen LogP contribution in [0.2, 0.25) is 0 Å². The van der Waals surface area contributed by atoms with E-state index >= 15 is 0 Å². The van der Waals surface area contributed by atoms with Crippen LogP contribution in [-0.4, -0.2) is 19.0 Å².